The van der Waals surface area contributed by atoms with Crippen LogP contribution in [0.3, 0.4) is 0 Å². The molecule has 6 heteroatoms. The van der Waals surface area contributed by atoms with E-state index in [4.69, 9.17) is 9.26 Å². The van der Waals surface area contributed by atoms with Gasteiger partial charge in [-0.2, -0.15) is 4.98 Å². The highest BCUT2D eigenvalue weighted by atomic mass is 16.5. The number of hydrogen-bond acceptors (Lipinski definition) is 6. The van der Waals surface area contributed by atoms with E-state index in [0.717, 1.165) is 38.0 Å². The second-order valence-electron chi connectivity index (χ2n) is 6.45. The Bertz CT molecular complexity index is 650. The van der Waals surface area contributed by atoms with E-state index < -0.39 is 0 Å². The minimum absolute atomic E-state index is 0.160. The molecule has 0 spiro atoms. The van der Waals surface area contributed by atoms with Crippen LogP contribution in [0, 0.1) is 6.92 Å². The van der Waals surface area contributed by atoms with Crippen LogP contribution in [0.5, 0.6) is 5.75 Å². The molecular formula is C18H25N3O3. The van der Waals surface area contributed by atoms with Gasteiger partial charge in [-0.3, -0.25) is 4.90 Å². The second kappa shape index (κ2) is 7.77. The van der Waals surface area contributed by atoms with Gasteiger partial charge in [0.1, 0.15) is 5.75 Å². The van der Waals surface area contributed by atoms with Crippen molar-refractivity contribution >= 4 is 0 Å². The molecule has 1 fully saturated rings. The summed E-state index contributed by atoms with van der Waals surface area (Å²) in [6, 6.07) is 8.54. The van der Waals surface area contributed by atoms with E-state index in [1.54, 1.807) is 14.0 Å². The maximum atomic E-state index is 9.79. The van der Waals surface area contributed by atoms with Crippen molar-refractivity contribution in [3.8, 4) is 5.75 Å². The minimum atomic E-state index is -0.160. The number of benzene rings is 1. The third kappa shape index (κ3) is 4.33. The number of aliphatic hydroxyl groups is 1. The number of nitrogens with zero attached hydrogens (tertiary/aromatic N) is 3. The van der Waals surface area contributed by atoms with E-state index in [-0.39, 0.29) is 6.10 Å². The summed E-state index contributed by atoms with van der Waals surface area (Å²) in [6.45, 7) is 3.25. The van der Waals surface area contributed by atoms with E-state index in [0.29, 0.717) is 24.3 Å². The van der Waals surface area contributed by atoms with Gasteiger partial charge in [0.15, 0.2) is 5.82 Å². The van der Waals surface area contributed by atoms with Crippen molar-refractivity contribution in [3.05, 3.63) is 41.5 Å². The number of ether oxygens (including phenoxy) is 1. The molecule has 0 atom stereocenters. The fourth-order valence-corrected chi connectivity index (χ4v) is 3.33. The second-order valence-corrected chi connectivity index (χ2v) is 6.45. The van der Waals surface area contributed by atoms with E-state index in [9.17, 15) is 5.11 Å². The fraction of sp³-hybridized carbons (Fsp3) is 0.556. The summed E-state index contributed by atoms with van der Waals surface area (Å²) in [6.07, 6.45) is 3.52. The summed E-state index contributed by atoms with van der Waals surface area (Å²) in [7, 11) is 1.68. The van der Waals surface area contributed by atoms with Gasteiger partial charge in [0.2, 0.25) is 5.89 Å². The van der Waals surface area contributed by atoms with Crippen LogP contribution in [0.1, 0.15) is 43.0 Å². The molecule has 0 aliphatic heterocycles. The van der Waals surface area contributed by atoms with Crippen LogP contribution in [-0.4, -0.2) is 39.4 Å². The summed E-state index contributed by atoms with van der Waals surface area (Å²) in [5.41, 5.74) is 1.20. The summed E-state index contributed by atoms with van der Waals surface area (Å²) < 4.78 is 10.4. The normalized spacial score (nSPS) is 21.2. The number of aliphatic hydroxyl groups excluding tert-OH is 1. The van der Waals surface area contributed by atoms with Gasteiger partial charge in [0.25, 0.3) is 0 Å². The predicted molar refractivity (Wildman–Crippen MR) is 89.5 cm³/mol. The average Bonchev–Trinajstić information content (AvgIpc) is 3.00. The predicted octanol–water partition coefficient (Wildman–Crippen LogP) is 2.69. The molecule has 1 N–H and O–H groups in total. The topological polar surface area (TPSA) is 71.6 Å². The van der Waals surface area contributed by atoms with Crippen molar-refractivity contribution in [2.75, 3.05) is 7.11 Å². The first-order valence-electron chi connectivity index (χ1n) is 8.48. The standard InChI is InChI=1S/C18H25N3O3/c1-13-19-18(20-24-13)12-21(15-6-8-16(22)9-7-15)11-14-4-3-5-17(10-14)23-2/h3-5,10,15-16,22H,6-9,11-12H2,1-2H3. The molecule has 0 amide bonds. The smallest absolute Gasteiger partial charge is 0.223 e. The SMILES string of the molecule is COc1cccc(CN(Cc2noc(C)n2)C2CCC(O)CC2)c1. The molecule has 1 saturated carbocycles. The molecule has 0 bridgehead atoms. The molecule has 0 saturated heterocycles. The van der Waals surface area contributed by atoms with Crippen molar-refractivity contribution in [1.82, 2.24) is 15.0 Å². The van der Waals surface area contributed by atoms with Gasteiger partial charge >= 0.3 is 0 Å². The molecule has 0 radical (unpaired) electrons. The quantitative estimate of drug-likeness (QED) is 0.877. The molecule has 2 aromatic rings. The van der Waals surface area contributed by atoms with Crippen molar-refractivity contribution in [2.24, 2.45) is 0 Å². The van der Waals surface area contributed by atoms with Crippen molar-refractivity contribution in [1.29, 1.82) is 0 Å². The molecule has 0 unspecified atom stereocenters. The zero-order valence-corrected chi connectivity index (χ0v) is 14.3. The van der Waals surface area contributed by atoms with Crippen LogP contribution in [-0.2, 0) is 13.1 Å². The van der Waals surface area contributed by atoms with Gasteiger partial charge in [0, 0.05) is 19.5 Å². The highest BCUT2D eigenvalue weighted by molar-refractivity contribution is 5.28. The summed E-state index contributed by atoms with van der Waals surface area (Å²) >= 11 is 0. The third-order valence-corrected chi connectivity index (χ3v) is 4.62. The lowest BCUT2D eigenvalue weighted by molar-refractivity contribution is 0.0649. The first-order chi connectivity index (χ1) is 11.6. The lowest BCUT2D eigenvalue weighted by Gasteiger charge is -2.35. The minimum Gasteiger partial charge on any atom is -0.497 e. The summed E-state index contributed by atoms with van der Waals surface area (Å²) in [5, 5.41) is 13.8. The molecule has 24 heavy (non-hydrogen) atoms. The highest BCUT2D eigenvalue weighted by Crippen LogP contribution is 2.26. The number of aromatic nitrogens is 2. The molecule has 1 aliphatic rings. The molecule has 6 nitrogen and oxygen atoms in total. The van der Waals surface area contributed by atoms with Crippen LogP contribution in [0.15, 0.2) is 28.8 Å². The number of methoxy groups -OCH3 is 1. The molecule has 3 rings (SSSR count). The first-order valence-corrected chi connectivity index (χ1v) is 8.48. The Morgan fingerprint density at radius 1 is 1.25 bits per heavy atom. The number of aryl methyl sites for hydroxylation is 1. The largest absolute Gasteiger partial charge is 0.497 e. The molecular weight excluding hydrogens is 306 g/mol. The monoisotopic (exact) mass is 331 g/mol. The van der Waals surface area contributed by atoms with E-state index in [1.165, 1.54) is 5.56 Å². The third-order valence-electron chi connectivity index (χ3n) is 4.62. The maximum Gasteiger partial charge on any atom is 0.223 e. The van der Waals surface area contributed by atoms with Crippen LogP contribution >= 0.6 is 0 Å². The van der Waals surface area contributed by atoms with Gasteiger partial charge in [-0.1, -0.05) is 17.3 Å². The van der Waals surface area contributed by atoms with Crippen LogP contribution in [0.2, 0.25) is 0 Å². The Morgan fingerprint density at radius 3 is 2.71 bits per heavy atom. The molecule has 1 aromatic heterocycles. The Kier molecular flexibility index (Phi) is 5.48. The van der Waals surface area contributed by atoms with Crippen molar-refractivity contribution < 1.29 is 14.4 Å². The Balaban J connectivity index is 1.75. The van der Waals surface area contributed by atoms with Gasteiger partial charge in [-0.25, -0.2) is 0 Å². The summed E-state index contributed by atoms with van der Waals surface area (Å²) in [4.78, 5) is 6.72. The number of rotatable bonds is 6. The lowest BCUT2D eigenvalue weighted by atomic mass is 9.91. The highest BCUT2D eigenvalue weighted by Gasteiger charge is 2.26. The fourth-order valence-electron chi connectivity index (χ4n) is 3.33. The zero-order valence-electron chi connectivity index (χ0n) is 14.3. The zero-order chi connectivity index (χ0) is 16.9. The van der Waals surface area contributed by atoms with Gasteiger partial charge < -0.3 is 14.4 Å². The average molecular weight is 331 g/mol. The van der Waals surface area contributed by atoms with Crippen LogP contribution in [0.4, 0.5) is 0 Å². The number of hydrogen-bond donors (Lipinski definition) is 1. The van der Waals surface area contributed by atoms with Crippen LogP contribution in [0.25, 0.3) is 0 Å². The Morgan fingerprint density at radius 2 is 2.04 bits per heavy atom. The molecule has 130 valence electrons. The Labute approximate surface area is 142 Å². The van der Waals surface area contributed by atoms with Gasteiger partial charge in [-0.15, -0.1) is 0 Å². The molecule has 1 heterocycles. The van der Waals surface area contributed by atoms with Crippen LogP contribution < -0.4 is 4.74 Å². The lowest BCUT2D eigenvalue weighted by Crippen LogP contribution is -2.38. The summed E-state index contributed by atoms with van der Waals surface area (Å²) in [5.74, 6) is 2.16. The first kappa shape index (κ1) is 16.9. The van der Waals surface area contributed by atoms with Gasteiger partial charge in [-0.05, 0) is 43.4 Å². The van der Waals surface area contributed by atoms with E-state index >= 15 is 0 Å². The van der Waals surface area contributed by atoms with E-state index in [2.05, 4.69) is 27.2 Å². The van der Waals surface area contributed by atoms with Crippen molar-refractivity contribution in [3.63, 3.8) is 0 Å². The molecule has 1 aromatic carbocycles. The Hall–Kier alpha value is -1.92. The van der Waals surface area contributed by atoms with Crippen molar-refractivity contribution in [2.45, 2.75) is 57.8 Å². The van der Waals surface area contributed by atoms with Gasteiger partial charge in [0.05, 0.1) is 19.8 Å². The molecule has 1 aliphatic carbocycles. The van der Waals surface area contributed by atoms with E-state index in [1.807, 2.05) is 12.1 Å². The maximum absolute atomic E-state index is 9.79.